The van der Waals surface area contributed by atoms with Crippen molar-refractivity contribution >= 4 is 68.7 Å². The van der Waals surface area contributed by atoms with Crippen LogP contribution in [0.25, 0.3) is 11.0 Å². The van der Waals surface area contributed by atoms with E-state index in [-0.39, 0.29) is 64.9 Å². The van der Waals surface area contributed by atoms with Gasteiger partial charge in [0.15, 0.2) is 39.5 Å². The van der Waals surface area contributed by atoms with Gasteiger partial charge in [0.05, 0.1) is 7.05 Å². The zero-order valence-corrected chi connectivity index (χ0v) is 48.4. The van der Waals surface area contributed by atoms with Crippen LogP contribution in [0, 0.1) is 0 Å². The number of carbonyl (C=O) groups excluding carboxylic acids is 4. The Balaban J connectivity index is 0.00000774. The molecule has 2 aromatic heterocycles. The second-order valence-electron chi connectivity index (χ2n) is 20.7. The summed E-state index contributed by atoms with van der Waals surface area (Å²) in [5, 5.41) is 33.2. The number of hydrogen-bond donors (Lipinski definition) is 4. The van der Waals surface area contributed by atoms with Crippen LogP contribution >= 0.6 is 23.1 Å². The molecule has 80 heavy (non-hydrogen) atoms. The number of halogens is 1. The Morgan fingerprint density at radius 2 is 1.31 bits per heavy atom. The fourth-order valence-corrected chi connectivity index (χ4v) is 11.8. The number of ether oxygens (including phenoxy) is 2. The molecule has 0 spiro atoms. The largest absolute Gasteiger partial charge is 1.00 e. The Hall–Kier alpha value is -8.01. The van der Waals surface area contributed by atoms with E-state index < -0.39 is 58.0 Å². The van der Waals surface area contributed by atoms with Gasteiger partial charge in [-0.25, -0.2) is 23.7 Å². The molecule has 4 heterocycles. The maximum atomic E-state index is 15.0. The van der Waals surface area contributed by atoms with Crippen LogP contribution in [0.4, 0.5) is 5.13 Å². The van der Waals surface area contributed by atoms with Gasteiger partial charge in [0, 0.05) is 28.8 Å². The normalized spacial score (nSPS) is 15.6. The number of phenols is 2. The predicted molar refractivity (Wildman–Crippen MR) is 302 cm³/mol. The molecule has 0 saturated carbocycles. The van der Waals surface area contributed by atoms with E-state index in [0.717, 1.165) is 16.7 Å². The van der Waals surface area contributed by atoms with Crippen molar-refractivity contribution in [3.8, 4) is 11.5 Å². The predicted octanol–water partition coefficient (Wildman–Crippen LogP) is 6.27. The number of thiazole rings is 1. The summed E-state index contributed by atoms with van der Waals surface area (Å²) in [6.07, 6.45) is 0.916. The van der Waals surface area contributed by atoms with E-state index in [1.54, 1.807) is 44.1 Å². The number of imidazole rings is 1. The van der Waals surface area contributed by atoms with E-state index in [9.17, 15) is 24.6 Å². The van der Waals surface area contributed by atoms with E-state index in [0.29, 0.717) is 32.9 Å². The van der Waals surface area contributed by atoms with E-state index in [1.807, 2.05) is 156 Å². The van der Waals surface area contributed by atoms with Crippen LogP contribution in [0.2, 0.25) is 0 Å². The highest BCUT2D eigenvalue weighted by Gasteiger charge is 2.55. The number of esters is 2. The smallest absolute Gasteiger partial charge is 0.356 e. The number of phenolic OH excluding ortho intramolecular Hbond substituents is 2. The zero-order valence-electron chi connectivity index (χ0n) is 44.6. The number of hydrogen-bond acceptors (Lipinski definition) is 14. The van der Waals surface area contributed by atoms with Crippen LogP contribution in [0.1, 0.15) is 74.2 Å². The molecule has 6 aromatic carbocycles. The summed E-state index contributed by atoms with van der Waals surface area (Å²) in [5.41, 5.74) is 2.12. The van der Waals surface area contributed by atoms with E-state index in [2.05, 4.69) is 15.8 Å². The molecule has 0 aliphatic carbocycles. The number of rotatable bonds is 17. The van der Waals surface area contributed by atoms with Crippen molar-refractivity contribution in [3.63, 3.8) is 0 Å². The van der Waals surface area contributed by atoms with Crippen molar-refractivity contribution < 1.29 is 72.2 Å². The first-order chi connectivity index (χ1) is 37.9. The Morgan fingerprint density at radius 1 is 0.787 bits per heavy atom. The van der Waals surface area contributed by atoms with E-state index in [1.165, 1.54) is 54.0 Å². The van der Waals surface area contributed by atoms with Gasteiger partial charge in [-0.2, -0.15) is 0 Å². The SMILES string of the molecule is C[n+]1cn(CC2=C(C(=O)OC(c3ccccc3)c3ccccc3)N3C(=O)C(NC(=O)/C(=N\OC(C)(C)C(=O)OC(C)(C)C)c4csc(NC(c5ccccc5)(c5ccccc5)c5ccccc5)n4)C3SC2)c2cc(O)c(O)cc21.[I-]. The standard InChI is InChI=1S/C61H57N7O9S2.HI/c1-59(2,3)76-57(74)60(4,5)77-65-49(44-36-79-58(62-44)64-61(41-26-16-9-17-27-41,42-28-18-10-19-29-42)43-30-20-11-21-31-43)53(71)63-50-54(72)68-51(56(73)75-52(38-22-12-7-13-23-38)39-24-14-8-15-25-39)40(35-78-55(50)68)34-67-37-66(6)45-32-47(69)48(70)33-46(45)67;/h7-33,36-37,50,52,55H,34-35H2,1-6H3,(H3-,62,63,64,65,69,70,71);1H. The topological polar surface area (TPSA) is 198 Å². The number of oxime groups is 1. The van der Waals surface area contributed by atoms with Gasteiger partial charge >= 0.3 is 11.9 Å². The number of aryl methyl sites for hydroxylation is 1. The van der Waals surface area contributed by atoms with Crippen LogP contribution in [-0.4, -0.2) is 82.5 Å². The molecule has 1 saturated heterocycles. The minimum absolute atomic E-state index is 0. The Labute approximate surface area is 488 Å². The van der Waals surface area contributed by atoms with Crippen molar-refractivity contribution in [2.24, 2.45) is 12.2 Å². The molecule has 0 bridgehead atoms. The van der Waals surface area contributed by atoms with Crippen molar-refractivity contribution in [1.82, 2.24) is 19.8 Å². The minimum Gasteiger partial charge on any atom is -1.00 e. The fourth-order valence-electron chi connectivity index (χ4n) is 9.67. The molecule has 2 aliphatic rings. The number of thioether (sulfide) groups is 1. The fraction of sp³-hybridized carbons (Fsp3) is 0.230. The van der Waals surface area contributed by atoms with Crippen LogP contribution in [-0.2, 0) is 52.6 Å². The lowest BCUT2D eigenvalue weighted by Crippen LogP contribution is -3.00. The molecule has 4 N–H and O–H groups in total. The van der Waals surface area contributed by atoms with Crippen LogP contribution in [0.5, 0.6) is 11.5 Å². The van der Waals surface area contributed by atoms with Gasteiger partial charge in [-0.05, 0) is 62.4 Å². The van der Waals surface area contributed by atoms with Crippen molar-refractivity contribution in [1.29, 1.82) is 0 Å². The summed E-state index contributed by atoms with van der Waals surface area (Å²) in [5.74, 6) is -3.31. The molecule has 8 aromatic rings. The molecule has 410 valence electrons. The molecule has 2 amide bonds. The van der Waals surface area contributed by atoms with Crippen LogP contribution < -0.4 is 39.2 Å². The zero-order chi connectivity index (χ0) is 55.6. The highest BCUT2D eigenvalue weighted by Crippen LogP contribution is 2.44. The lowest BCUT2D eigenvalue weighted by atomic mass is 9.77. The van der Waals surface area contributed by atoms with Crippen LogP contribution in [0.3, 0.4) is 0 Å². The number of anilines is 1. The second kappa shape index (κ2) is 23.4. The number of nitrogens with one attached hydrogen (secondary N) is 2. The summed E-state index contributed by atoms with van der Waals surface area (Å²) in [4.78, 5) is 70.6. The number of carbonyl (C=O) groups is 4. The summed E-state index contributed by atoms with van der Waals surface area (Å²) < 4.78 is 15.7. The summed E-state index contributed by atoms with van der Waals surface area (Å²) in [6.45, 7) is 8.22. The van der Waals surface area contributed by atoms with Crippen LogP contribution in [0.15, 0.2) is 192 Å². The monoisotopic (exact) mass is 1220 g/mol. The third kappa shape index (κ3) is 11.5. The first-order valence-electron chi connectivity index (χ1n) is 25.5. The van der Waals surface area contributed by atoms with Gasteiger partial charge in [-0.15, -0.1) is 23.1 Å². The molecule has 10 rings (SSSR count). The van der Waals surface area contributed by atoms with Crippen molar-refractivity contribution in [2.45, 2.75) is 75.4 Å². The summed E-state index contributed by atoms with van der Waals surface area (Å²) in [6, 6.07) is 50.2. The average Bonchev–Trinajstić information content (AvgIpc) is 4.08. The second-order valence-corrected chi connectivity index (χ2v) is 22.6. The number of nitrogens with zero attached hydrogens (tertiary/aromatic N) is 5. The molecule has 16 nitrogen and oxygen atoms in total. The van der Waals surface area contributed by atoms with Gasteiger partial charge in [0.25, 0.3) is 11.8 Å². The van der Waals surface area contributed by atoms with Gasteiger partial charge in [0.1, 0.15) is 40.5 Å². The Morgan fingerprint density at radius 3 is 1.85 bits per heavy atom. The molecule has 2 aliphatic heterocycles. The summed E-state index contributed by atoms with van der Waals surface area (Å²) >= 11 is 2.57. The molecule has 1 fully saturated rings. The molecule has 19 heteroatoms. The first kappa shape index (κ1) is 56.7. The van der Waals surface area contributed by atoms with Crippen molar-refractivity contribution in [2.75, 3.05) is 11.1 Å². The van der Waals surface area contributed by atoms with Gasteiger partial charge < -0.3 is 59.1 Å². The molecular weight excluding hydrogens is 1170 g/mol. The van der Waals surface area contributed by atoms with Gasteiger partial charge in [-0.3, -0.25) is 14.5 Å². The summed E-state index contributed by atoms with van der Waals surface area (Å²) in [7, 11) is 1.79. The van der Waals surface area contributed by atoms with E-state index in [4.69, 9.17) is 19.3 Å². The number of benzene rings is 6. The number of aromatic nitrogens is 3. The highest BCUT2D eigenvalue weighted by atomic mass is 127. The Bertz CT molecular complexity index is 3490. The molecule has 0 radical (unpaired) electrons. The lowest BCUT2D eigenvalue weighted by molar-refractivity contribution is -0.645. The van der Waals surface area contributed by atoms with Gasteiger partial charge in [0.2, 0.25) is 11.9 Å². The Kier molecular flexibility index (Phi) is 16.6. The maximum absolute atomic E-state index is 15.0. The third-order valence-corrected chi connectivity index (χ3v) is 15.6. The lowest BCUT2D eigenvalue weighted by Gasteiger charge is -2.49. The minimum atomic E-state index is -1.68. The number of aromatic hydroxyl groups is 2. The highest BCUT2D eigenvalue weighted by molar-refractivity contribution is 8.00. The number of fused-ring (bicyclic) bond motifs is 2. The van der Waals surface area contributed by atoms with E-state index >= 15 is 4.79 Å². The molecule has 2 atom stereocenters. The maximum Gasteiger partial charge on any atom is 0.356 e. The van der Waals surface area contributed by atoms with Gasteiger partial charge in [-0.1, -0.05) is 157 Å². The first-order valence-corrected chi connectivity index (χ1v) is 27.4. The molecule has 2 unspecified atom stereocenters. The quantitative estimate of drug-likeness (QED) is 0.0117. The molecular formula is C61H58IN7O9S2. The number of amides is 2. The third-order valence-electron chi connectivity index (χ3n) is 13.5. The van der Waals surface area contributed by atoms with Crippen molar-refractivity contribution in [3.05, 3.63) is 220 Å². The average molecular weight is 1220 g/mol. The number of β-lactam (4-membered cyclic amide) rings is 1.